The molecule has 0 radical (unpaired) electrons. The smallest absolute Gasteiger partial charge is 0.331 e. The van der Waals surface area contributed by atoms with Gasteiger partial charge < -0.3 is 9.47 Å². The van der Waals surface area contributed by atoms with Gasteiger partial charge in [0, 0.05) is 29.0 Å². The minimum Gasteiger partial charge on any atom is -0.493 e. The quantitative estimate of drug-likeness (QED) is 0.324. The summed E-state index contributed by atoms with van der Waals surface area (Å²) in [6, 6.07) is 14.4. The number of nitrogens with zero attached hydrogens (tertiary/aromatic N) is 2. The molecule has 0 fully saturated rings. The Morgan fingerprint density at radius 3 is 2.74 bits per heavy atom. The normalized spacial score (nSPS) is 10.8. The van der Waals surface area contributed by atoms with Crippen LogP contribution in [0.3, 0.4) is 0 Å². The number of anilines is 2. The van der Waals surface area contributed by atoms with Gasteiger partial charge in [-0.25, -0.2) is 9.78 Å². The number of rotatable bonds is 8. The van der Waals surface area contributed by atoms with Crippen LogP contribution in [0.15, 0.2) is 60.0 Å². The fourth-order valence-electron chi connectivity index (χ4n) is 2.76. The first-order valence-electron chi connectivity index (χ1n) is 9.55. The van der Waals surface area contributed by atoms with Crippen LogP contribution in [0.1, 0.15) is 25.1 Å². The molecule has 1 aromatic heterocycles. The van der Waals surface area contributed by atoms with Gasteiger partial charge in [-0.2, -0.15) is 0 Å². The number of thiazole rings is 1. The van der Waals surface area contributed by atoms with Crippen molar-refractivity contribution < 1.29 is 19.1 Å². The summed E-state index contributed by atoms with van der Waals surface area (Å²) in [5, 5.41) is 2.74. The fraction of sp³-hybridized carbons (Fsp3) is 0.174. The summed E-state index contributed by atoms with van der Waals surface area (Å²) in [7, 11) is 0. The monoisotopic (exact) mass is 456 g/mol. The molecule has 0 aliphatic heterocycles. The molecule has 0 unspecified atom stereocenters. The van der Waals surface area contributed by atoms with Crippen LogP contribution in [0.25, 0.3) is 6.08 Å². The van der Waals surface area contributed by atoms with Crippen molar-refractivity contribution in [3.63, 3.8) is 0 Å². The zero-order valence-corrected chi connectivity index (χ0v) is 18.7. The van der Waals surface area contributed by atoms with E-state index in [4.69, 9.17) is 21.1 Å². The van der Waals surface area contributed by atoms with Crippen LogP contribution in [0.4, 0.5) is 10.8 Å². The Morgan fingerprint density at radius 2 is 2.00 bits per heavy atom. The highest BCUT2D eigenvalue weighted by molar-refractivity contribution is 7.14. The summed E-state index contributed by atoms with van der Waals surface area (Å²) < 4.78 is 10.8. The molecule has 3 rings (SSSR count). The SMILES string of the molecule is CCOc1ccccc1/C=C/C(=O)OCc1csc(N(C(C)=O)c2cccc(Cl)c2)n1. The average molecular weight is 457 g/mol. The van der Waals surface area contributed by atoms with Crippen molar-refractivity contribution in [3.8, 4) is 5.75 Å². The number of ether oxygens (including phenoxy) is 2. The maximum absolute atomic E-state index is 12.2. The van der Waals surface area contributed by atoms with E-state index in [-0.39, 0.29) is 12.5 Å². The van der Waals surface area contributed by atoms with E-state index in [2.05, 4.69) is 4.98 Å². The zero-order chi connectivity index (χ0) is 22.2. The van der Waals surface area contributed by atoms with E-state index in [1.54, 1.807) is 35.7 Å². The van der Waals surface area contributed by atoms with Crippen molar-refractivity contribution >= 4 is 51.7 Å². The first-order valence-corrected chi connectivity index (χ1v) is 10.8. The third-order valence-corrected chi connectivity index (χ3v) is 5.20. The lowest BCUT2D eigenvalue weighted by Gasteiger charge is -2.18. The molecule has 160 valence electrons. The van der Waals surface area contributed by atoms with Crippen molar-refractivity contribution in [2.24, 2.45) is 0 Å². The lowest BCUT2D eigenvalue weighted by atomic mass is 10.2. The summed E-state index contributed by atoms with van der Waals surface area (Å²) in [5.41, 5.74) is 1.95. The van der Waals surface area contributed by atoms with Gasteiger partial charge in [0.2, 0.25) is 5.91 Å². The van der Waals surface area contributed by atoms with Crippen LogP contribution in [-0.2, 0) is 20.9 Å². The summed E-state index contributed by atoms with van der Waals surface area (Å²) in [6.07, 6.45) is 3.00. The van der Waals surface area contributed by atoms with Crippen molar-refractivity contribution in [3.05, 3.63) is 76.3 Å². The van der Waals surface area contributed by atoms with Crippen LogP contribution in [-0.4, -0.2) is 23.5 Å². The molecule has 3 aromatic rings. The first-order chi connectivity index (χ1) is 15.0. The van der Waals surface area contributed by atoms with Crippen molar-refractivity contribution in [1.82, 2.24) is 4.98 Å². The van der Waals surface area contributed by atoms with Gasteiger partial charge in [0.25, 0.3) is 0 Å². The number of para-hydroxylation sites is 1. The summed E-state index contributed by atoms with van der Waals surface area (Å²) >= 11 is 7.33. The largest absolute Gasteiger partial charge is 0.493 e. The Balaban J connectivity index is 1.64. The third-order valence-electron chi connectivity index (χ3n) is 4.09. The second-order valence-electron chi connectivity index (χ2n) is 6.37. The minimum absolute atomic E-state index is 0.00588. The fourth-order valence-corrected chi connectivity index (χ4v) is 3.82. The Hall–Kier alpha value is -3.16. The predicted molar refractivity (Wildman–Crippen MR) is 123 cm³/mol. The minimum atomic E-state index is -0.501. The standard InChI is InChI=1S/C23H21ClN2O4S/c1-3-29-21-10-5-4-7-17(21)11-12-22(28)30-14-19-15-31-23(25-19)26(16(2)27)20-9-6-8-18(24)13-20/h4-13,15H,3,14H2,1-2H3/b12-11+. The number of carbonyl (C=O) groups is 2. The molecule has 0 atom stereocenters. The van der Waals surface area contributed by atoms with Gasteiger partial charge in [-0.3, -0.25) is 9.69 Å². The number of hydrogen-bond acceptors (Lipinski definition) is 6. The molecule has 0 spiro atoms. The Kier molecular flexibility index (Phi) is 7.81. The summed E-state index contributed by atoms with van der Waals surface area (Å²) in [4.78, 5) is 30.2. The summed E-state index contributed by atoms with van der Waals surface area (Å²) in [6.45, 7) is 3.88. The van der Waals surface area contributed by atoms with E-state index < -0.39 is 5.97 Å². The van der Waals surface area contributed by atoms with E-state index in [1.165, 1.54) is 29.2 Å². The van der Waals surface area contributed by atoms with Crippen LogP contribution in [0.5, 0.6) is 5.75 Å². The van der Waals surface area contributed by atoms with Gasteiger partial charge in [-0.1, -0.05) is 35.9 Å². The molecule has 1 amide bonds. The van der Waals surface area contributed by atoms with Gasteiger partial charge in [-0.05, 0) is 37.3 Å². The van der Waals surface area contributed by atoms with E-state index >= 15 is 0 Å². The van der Waals surface area contributed by atoms with E-state index in [1.807, 2.05) is 31.2 Å². The highest BCUT2D eigenvalue weighted by Crippen LogP contribution is 2.30. The number of amides is 1. The van der Waals surface area contributed by atoms with Gasteiger partial charge in [-0.15, -0.1) is 11.3 Å². The number of halogens is 1. The van der Waals surface area contributed by atoms with Crippen molar-refractivity contribution in [1.29, 1.82) is 0 Å². The maximum Gasteiger partial charge on any atom is 0.331 e. The number of hydrogen-bond donors (Lipinski definition) is 0. The second kappa shape index (κ2) is 10.7. The molecule has 1 heterocycles. The predicted octanol–water partition coefficient (Wildman–Crippen LogP) is 5.64. The number of esters is 1. The van der Waals surface area contributed by atoms with Crippen LogP contribution in [0, 0.1) is 0 Å². The lowest BCUT2D eigenvalue weighted by Crippen LogP contribution is -2.22. The van der Waals surface area contributed by atoms with Crippen LogP contribution < -0.4 is 9.64 Å². The second-order valence-corrected chi connectivity index (χ2v) is 7.64. The van der Waals surface area contributed by atoms with Crippen molar-refractivity contribution in [2.75, 3.05) is 11.5 Å². The molecule has 6 nitrogen and oxygen atoms in total. The number of aromatic nitrogens is 1. The molecule has 0 saturated carbocycles. The van der Waals surface area contributed by atoms with E-state index in [0.29, 0.717) is 33.9 Å². The van der Waals surface area contributed by atoms with Gasteiger partial charge in [0.1, 0.15) is 12.4 Å². The molecular weight excluding hydrogens is 436 g/mol. The Labute approximate surface area is 189 Å². The van der Waals surface area contributed by atoms with E-state index in [9.17, 15) is 9.59 Å². The Morgan fingerprint density at radius 1 is 1.19 bits per heavy atom. The molecular formula is C23H21ClN2O4S. The molecule has 2 aromatic carbocycles. The molecule has 31 heavy (non-hydrogen) atoms. The molecule has 0 bridgehead atoms. The average Bonchev–Trinajstić information content (AvgIpc) is 3.20. The van der Waals surface area contributed by atoms with Crippen LogP contribution in [0.2, 0.25) is 5.02 Å². The molecule has 0 N–H and O–H groups in total. The van der Waals surface area contributed by atoms with E-state index in [0.717, 1.165) is 5.56 Å². The zero-order valence-electron chi connectivity index (χ0n) is 17.1. The topological polar surface area (TPSA) is 68.7 Å². The summed E-state index contributed by atoms with van der Waals surface area (Å²) in [5.74, 6) is -0.00120. The Bertz CT molecular complexity index is 1100. The third kappa shape index (κ3) is 6.16. The highest BCUT2D eigenvalue weighted by atomic mass is 35.5. The number of carbonyl (C=O) groups excluding carboxylic acids is 2. The maximum atomic E-state index is 12.2. The molecule has 0 aliphatic carbocycles. The molecule has 0 aliphatic rings. The van der Waals surface area contributed by atoms with Gasteiger partial charge in [0.15, 0.2) is 5.13 Å². The van der Waals surface area contributed by atoms with Crippen LogP contribution >= 0.6 is 22.9 Å². The highest BCUT2D eigenvalue weighted by Gasteiger charge is 2.18. The first kappa shape index (κ1) is 22.5. The molecule has 0 saturated heterocycles. The number of benzene rings is 2. The van der Waals surface area contributed by atoms with Gasteiger partial charge >= 0.3 is 5.97 Å². The molecule has 8 heteroatoms. The lowest BCUT2D eigenvalue weighted by molar-refractivity contribution is -0.139. The van der Waals surface area contributed by atoms with Crippen molar-refractivity contribution in [2.45, 2.75) is 20.5 Å². The van der Waals surface area contributed by atoms with Gasteiger partial charge in [0.05, 0.1) is 18.0 Å².